The molecule has 5 nitrogen and oxygen atoms in total. The number of Topliss-reactive ketones (excluding diaryl/α,β-unsaturated/α-hetero) is 1. The van der Waals surface area contributed by atoms with Gasteiger partial charge >= 0.3 is 0 Å². The summed E-state index contributed by atoms with van der Waals surface area (Å²) in [5.74, 6) is -1.74. The number of halogens is 1. The Hall–Kier alpha value is -3.02. The topological polar surface area (TPSA) is 75.3 Å². The molecule has 0 saturated heterocycles. The van der Waals surface area contributed by atoms with Gasteiger partial charge in [0.1, 0.15) is 5.82 Å². The Kier molecular flexibility index (Phi) is 5.42. The lowest BCUT2D eigenvalue weighted by Gasteiger charge is -2.09. The monoisotopic (exact) mass is 328 g/mol. The van der Waals surface area contributed by atoms with Crippen molar-refractivity contribution in [2.75, 3.05) is 10.6 Å². The molecule has 0 spiro atoms. The molecule has 6 heteroatoms. The fourth-order valence-corrected chi connectivity index (χ4v) is 2.15. The number of amides is 2. The summed E-state index contributed by atoms with van der Waals surface area (Å²) in [6, 6.07) is 10.2. The molecule has 24 heavy (non-hydrogen) atoms. The van der Waals surface area contributed by atoms with Gasteiger partial charge in [-0.1, -0.05) is 19.1 Å². The van der Waals surface area contributed by atoms with Crippen LogP contribution in [0.1, 0.15) is 41.0 Å². The van der Waals surface area contributed by atoms with Gasteiger partial charge in [0.05, 0.1) is 5.56 Å². The van der Waals surface area contributed by atoms with E-state index >= 15 is 0 Å². The normalized spacial score (nSPS) is 10.1. The molecule has 0 aliphatic heterocycles. The first-order valence-corrected chi connectivity index (χ1v) is 7.42. The summed E-state index contributed by atoms with van der Waals surface area (Å²) in [5.41, 5.74) is 0.990. The fourth-order valence-electron chi connectivity index (χ4n) is 2.15. The van der Waals surface area contributed by atoms with Gasteiger partial charge < -0.3 is 10.6 Å². The number of carbonyl (C=O) groups is 3. The summed E-state index contributed by atoms with van der Waals surface area (Å²) in [5, 5.41) is 5.05. The number of hydrogen-bond acceptors (Lipinski definition) is 3. The van der Waals surface area contributed by atoms with Crippen LogP contribution < -0.4 is 10.6 Å². The van der Waals surface area contributed by atoms with Crippen LogP contribution in [0.15, 0.2) is 42.5 Å². The largest absolute Gasteiger partial charge is 0.326 e. The Morgan fingerprint density at radius 3 is 2.38 bits per heavy atom. The van der Waals surface area contributed by atoms with Crippen LogP contribution >= 0.6 is 0 Å². The average molecular weight is 328 g/mol. The minimum absolute atomic E-state index is 0.0510. The van der Waals surface area contributed by atoms with Crippen LogP contribution in [0.25, 0.3) is 0 Å². The van der Waals surface area contributed by atoms with E-state index in [0.717, 1.165) is 6.07 Å². The number of rotatable bonds is 5. The molecule has 0 aliphatic carbocycles. The molecule has 0 unspecified atom stereocenters. The second kappa shape index (κ2) is 7.50. The van der Waals surface area contributed by atoms with E-state index in [4.69, 9.17) is 0 Å². The van der Waals surface area contributed by atoms with Crippen LogP contribution in [0.3, 0.4) is 0 Å². The summed E-state index contributed by atoms with van der Waals surface area (Å²) in [6.07, 6.45) is 0.352. The summed E-state index contributed by atoms with van der Waals surface area (Å²) in [6.45, 7) is 3.07. The lowest BCUT2D eigenvalue weighted by Crippen LogP contribution is -2.15. The van der Waals surface area contributed by atoms with Crippen LogP contribution in [0.5, 0.6) is 0 Å². The highest BCUT2D eigenvalue weighted by molar-refractivity contribution is 6.06. The Balaban J connectivity index is 2.23. The highest BCUT2D eigenvalue weighted by Crippen LogP contribution is 2.18. The second-order valence-electron chi connectivity index (χ2n) is 5.19. The molecule has 2 aromatic carbocycles. The number of carbonyl (C=O) groups excluding carboxylic acids is 3. The predicted octanol–water partition coefficient (Wildman–Crippen LogP) is 3.63. The first-order valence-electron chi connectivity index (χ1n) is 7.42. The third-order valence-electron chi connectivity index (χ3n) is 3.29. The van der Waals surface area contributed by atoms with Crippen LogP contribution in [0, 0.1) is 5.82 Å². The van der Waals surface area contributed by atoms with Crippen molar-refractivity contribution in [3.05, 3.63) is 59.4 Å². The molecule has 124 valence electrons. The lowest BCUT2D eigenvalue weighted by atomic mass is 10.1. The molecule has 0 radical (unpaired) electrons. The predicted molar refractivity (Wildman–Crippen MR) is 89.7 cm³/mol. The Morgan fingerprint density at radius 1 is 1.00 bits per heavy atom. The van der Waals surface area contributed by atoms with Gasteiger partial charge in [-0.25, -0.2) is 4.39 Å². The van der Waals surface area contributed by atoms with Gasteiger partial charge in [-0.15, -0.1) is 0 Å². The molecule has 0 atom stereocenters. The third-order valence-corrected chi connectivity index (χ3v) is 3.29. The number of nitrogens with one attached hydrogen (secondary N) is 2. The van der Waals surface area contributed by atoms with E-state index in [2.05, 4.69) is 10.6 Å². The highest BCUT2D eigenvalue weighted by atomic mass is 19.1. The van der Waals surface area contributed by atoms with Crippen molar-refractivity contribution in [2.45, 2.75) is 20.3 Å². The summed E-state index contributed by atoms with van der Waals surface area (Å²) < 4.78 is 13.9. The average Bonchev–Trinajstić information content (AvgIpc) is 2.55. The Bertz CT molecular complexity index is 803. The molecule has 2 amide bonds. The molecule has 2 N–H and O–H groups in total. The number of ketones is 1. The van der Waals surface area contributed by atoms with Crippen LogP contribution in [-0.2, 0) is 4.79 Å². The van der Waals surface area contributed by atoms with E-state index in [0.29, 0.717) is 23.4 Å². The van der Waals surface area contributed by atoms with E-state index in [1.54, 1.807) is 31.2 Å². The van der Waals surface area contributed by atoms with E-state index in [1.807, 2.05) is 0 Å². The molecule has 2 rings (SSSR count). The molecule has 0 aromatic heterocycles. The molecule has 0 saturated carbocycles. The standard InChI is InChI=1S/C18H17FN2O3/c1-3-17(23)12-5-4-6-13(9-12)21-18(24)15-10-14(20-11(2)22)7-8-16(15)19/h4-10H,3H2,1-2H3,(H,20,22)(H,21,24). The van der Waals surface area contributed by atoms with Gasteiger partial charge in [-0.3, -0.25) is 14.4 Å². The molecule has 0 fully saturated rings. The van der Waals surface area contributed by atoms with Gasteiger partial charge in [0.2, 0.25) is 5.91 Å². The van der Waals surface area contributed by atoms with Gasteiger partial charge in [-0.2, -0.15) is 0 Å². The van der Waals surface area contributed by atoms with Gasteiger partial charge in [-0.05, 0) is 30.3 Å². The molecule has 0 bridgehead atoms. The zero-order valence-electron chi connectivity index (χ0n) is 13.4. The van der Waals surface area contributed by atoms with Crippen LogP contribution in [0.4, 0.5) is 15.8 Å². The zero-order chi connectivity index (χ0) is 17.7. The van der Waals surface area contributed by atoms with Gasteiger partial charge in [0.15, 0.2) is 5.78 Å². The van der Waals surface area contributed by atoms with Crippen LogP contribution in [-0.4, -0.2) is 17.6 Å². The van der Waals surface area contributed by atoms with E-state index < -0.39 is 11.7 Å². The SMILES string of the molecule is CCC(=O)c1cccc(NC(=O)c2cc(NC(C)=O)ccc2F)c1. The summed E-state index contributed by atoms with van der Waals surface area (Å²) >= 11 is 0. The van der Waals surface area contributed by atoms with Crippen LogP contribution in [0.2, 0.25) is 0 Å². The maximum atomic E-state index is 13.9. The van der Waals surface area contributed by atoms with Gasteiger partial charge in [0, 0.05) is 30.3 Å². The van der Waals surface area contributed by atoms with Crippen molar-refractivity contribution in [2.24, 2.45) is 0 Å². The Labute approximate surface area is 138 Å². The zero-order valence-corrected chi connectivity index (χ0v) is 13.4. The minimum atomic E-state index is -0.706. The smallest absolute Gasteiger partial charge is 0.258 e. The molecule has 0 heterocycles. The highest BCUT2D eigenvalue weighted by Gasteiger charge is 2.14. The minimum Gasteiger partial charge on any atom is -0.326 e. The van der Waals surface area contributed by atoms with Crippen molar-refractivity contribution in [1.82, 2.24) is 0 Å². The maximum absolute atomic E-state index is 13.9. The van der Waals surface area contributed by atoms with Crippen molar-refractivity contribution in [3.63, 3.8) is 0 Å². The van der Waals surface area contributed by atoms with E-state index in [1.165, 1.54) is 19.1 Å². The van der Waals surface area contributed by atoms with Gasteiger partial charge in [0.25, 0.3) is 5.91 Å². The summed E-state index contributed by atoms with van der Waals surface area (Å²) in [4.78, 5) is 35.0. The summed E-state index contributed by atoms with van der Waals surface area (Å²) in [7, 11) is 0. The number of hydrogen-bond donors (Lipinski definition) is 2. The van der Waals surface area contributed by atoms with Crippen molar-refractivity contribution in [1.29, 1.82) is 0 Å². The molecule has 2 aromatic rings. The second-order valence-corrected chi connectivity index (χ2v) is 5.19. The third kappa shape index (κ3) is 4.25. The number of anilines is 2. The van der Waals surface area contributed by atoms with Crippen molar-refractivity contribution >= 4 is 29.0 Å². The quantitative estimate of drug-likeness (QED) is 0.823. The maximum Gasteiger partial charge on any atom is 0.258 e. The lowest BCUT2D eigenvalue weighted by molar-refractivity contribution is -0.114. The first kappa shape index (κ1) is 17.3. The first-order chi connectivity index (χ1) is 11.4. The molecular formula is C18H17FN2O3. The van der Waals surface area contributed by atoms with E-state index in [9.17, 15) is 18.8 Å². The fraction of sp³-hybridized carbons (Fsp3) is 0.167. The molecular weight excluding hydrogens is 311 g/mol. The Morgan fingerprint density at radius 2 is 1.71 bits per heavy atom. The van der Waals surface area contributed by atoms with Crippen molar-refractivity contribution < 1.29 is 18.8 Å². The number of benzene rings is 2. The van der Waals surface area contributed by atoms with Crippen molar-refractivity contribution in [3.8, 4) is 0 Å². The van der Waals surface area contributed by atoms with E-state index in [-0.39, 0.29) is 17.3 Å². The molecule has 0 aliphatic rings.